The fraction of sp³-hybridized carbons (Fsp3) is 0.600. The number of amides is 2. The van der Waals surface area contributed by atoms with Crippen molar-refractivity contribution in [3.63, 3.8) is 0 Å². The fourth-order valence-corrected chi connectivity index (χ4v) is 4.69. The zero-order valence-corrected chi connectivity index (χ0v) is 14.2. The maximum Gasteiger partial charge on any atom is 0.247 e. The lowest BCUT2D eigenvalue weighted by atomic mass is 10.2. The summed E-state index contributed by atoms with van der Waals surface area (Å²) in [6.07, 6.45) is 5.43. The van der Waals surface area contributed by atoms with Crippen molar-refractivity contribution < 1.29 is 9.59 Å². The largest absolute Gasteiger partial charge is 0.305 e. The molecule has 1 aliphatic heterocycles. The van der Waals surface area contributed by atoms with Crippen molar-refractivity contribution in [2.45, 2.75) is 50.6 Å². The van der Waals surface area contributed by atoms with Gasteiger partial charge in [0.25, 0.3) is 0 Å². The van der Waals surface area contributed by atoms with E-state index in [1.54, 1.807) is 11.3 Å². The molecular formula is C15H19BrN2O2S. The van der Waals surface area contributed by atoms with E-state index in [0.29, 0.717) is 6.42 Å². The molecule has 1 aromatic rings. The van der Waals surface area contributed by atoms with Gasteiger partial charge in [-0.15, -0.1) is 11.3 Å². The third kappa shape index (κ3) is 3.38. The van der Waals surface area contributed by atoms with Gasteiger partial charge in [-0.05, 0) is 47.3 Å². The molecule has 0 spiro atoms. The Morgan fingerprint density at radius 3 is 2.71 bits per heavy atom. The molecule has 2 heterocycles. The van der Waals surface area contributed by atoms with Gasteiger partial charge >= 0.3 is 0 Å². The lowest BCUT2D eigenvalue weighted by molar-refractivity contribution is -0.141. The quantitative estimate of drug-likeness (QED) is 0.810. The lowest BCUT2D eigenvalue weighted by Crippen LogP contribution is -2.43. The number of nitrogens with zero attached hydrogens (tertiary/aromatic N) is 1. The molecule has 2 aliphatic rings. The van der Waals surface area contributed by atoms with E-state index in [-0.39, 0.29) is 23.9 Å². The number of hydrogen-bond acceptors (Lipinski definition) is 4. The maximum atomic E-state index is 12.4. The summed E-state index contributed by atoms with van der Waals surface area (Å²) >= 11 is 5.15. The first-order valence-corrected chi connectivity index (χ1v) is 9.09. The van der Waals surface area contributed by atoms with Crippen LogP contribution in [0.4, 0.5) is 0 Å². The third-order valence-electron chi connectivity index (χ3n) is 4.26. The smallest absolute Gasteiger partial charge is 0.247 e. The van der Waals surface area contributed by atoms with Gasteiger partial charge in [-0.3, -0.25) is 14.5 Å². The van der Waals surface area contributed by atoms with Crippen molar-refractivity contribution in [3.05, 3.63) is 20.8 Å². The Morgan fingerprint density at radius 2 is 2.05 bits per heavy atom. The Kier molecular flexibility index (Phi) is 4.76. The zero-order valence-electron chi connectivity index (χ0n) is 11.8. The molecule has 1 N–H and O–H groups in total. The number of imide groups is 1. The standard InChI is InChI=1S/C15H19BrN2O2S/c16-13-6-5-11(21-13)7-8-17-12-9-14(19)18(15(12)20)10-3-1-2-4-10/h5-6,10,12,17H,1-4,7-9H2. The second kappa shape index (κ2) is 6.58. The van der Waals surface area contributed by atoms with E-state index in [9.17, 15) is 9.59 Å². The summed E-state index contributed by atoms with van der Waals surface area (Å²) in [6.45, 7) is 0.731. The zero-order chi connectivity index (χ0) is 14.8. The number of carbonyl (C=O) groups excluding carboxylic acids is 2. The van der Waals surface area contributed by atoms with Crippen LogP contribution < -0.4 is 5.32 Å². The van der Waals surface area contributed by atoms with Gasteiger partial charge in [-0.25, -0.2) is 0 Å². The van der Waals surface area contributed by atoms with Gasteiger partial charge in [0.05, 0.1) is 16.2 Å². The number of nitrogens with one attached hydrogen (secondary N) is 1. The summed E-state index contributed by atoms with van der Waals surface area (Å²) < 4.78 is 1.12. The summed E-state index contributed by atoms with van der Waals surface area (Å²) in [7, 11) is 0. The second-order valence-electron chi connectivity index (χ2n) is 5.71. The Bertz CT molecular complexity index is 540. The van der Waals surface area contributed by atoms with Gasteiger partial charge < -0.3 is 5.32 Å². The minimum Gasteiger partial charge on any atom is -0.305 e. The number of thiophene rings is 1. The van der Waals surface area contributed by atoms with Crippen LogP contribution >= 0.6 is 27.3 Å². The van der Waals surface area contributed by atoms with Gasteiger partial charge in [-0.2, -0.15) is 0 Å². The highest BCUT2D eigenvalue weighted by Gasteiger charge is 2.42. The Morgan fingerprint density at radius 1 is 1.29 bits per heavy atom. The fourth-order valence-electron chi connectivity index (χ4n) is 3.21. The minimum atomic E-state index is -0.318. The van der Waals surface area contributed by atoms with Crippen molar-refractivity contribution in [3.8, 4) is 0 Å². The molecule has 1 saturated heterocycles. The topological polar surface area (TPSA) is 49.4 Å². The molecule has 6 heteroatoms. The Hall–Kier alpha value is -0.720. The Balaban J connectivity index is 1.52. The molecule has 0 bridgehead atoms. The highest BCUT2D eigenvalue weighted by atomic mass is 79.9. The molecule has 0 radical (unpaired) electrons. The first kappa shape index (κ1) is 15.2. The summed E-state index contributed by atoms with van der Waals surface area (Å²) in [4.78, 5) is 27.3. The predicted octanol–water partition coefficient (Wildman–Crippen LogP) is 2.71. The predicted molar refractivity (Wildman–Crippen MR) is 86.2 cm³/mol. The number of hydrogen-bond donors (Lipinski definition) is 1. The van der Waals surface area contributed by atoms with Crippen molar-refractivity contribution in [2.24, 2.45) is 0 Å². The van der Waals surface area contributed by atoms with Crippen molar-refractivity contribution in [1.82, 2.24) is 10.2 Å². The Labute approximate surface area is 137 Å². The molecule has 3 rings (SSSR count). The molecule has 2 fully saturated rings. The molecule has 1 unspecified atom stereocenters. The van der Waals surface area contributed by atoms with Crippen LogP contribution in [0.1, 0.15) is 37.0 Å². The summed E-state index contributed by atoms with van der Waals surface area (Å²) in [5, 5.41) is 3.25. The van der Waals surface area contributed by atoms with E-state index in [2.05, 4.69) is 27.3 Å². The second-order valence-corrected chi connectivity index (χ2v) is 8.25. The first-order valence-electron chi connectivity index (χ1n) is 7.48. The lowest BCUT2D eigenvalue weighted by Gasteiger charge is -2.22. The van der Waals surface area contributed by atoms with Gasteiger partial charge in [0, 0.05) is 17.5 Å². The highest BCUT2D eigenvalue weighted by Crippen LogP contribution is 2.28. The monoisotopic (exact) mass is 370 g/mol. The van der Waals surface area contributed by atoms with Crippen LogP contribution in [0.25, 0.3) is 0 Å². The van der Waals surface area contributed by atoms with Crippen molar-refractivity contribution in [1.29, 1.82) is 0 Å². The molecular weight excluding hydrogens is 352 g/mol. The maximum absolute atomic E-state index is 12.4. The molecule has 21 heavy (non-hydrogen) atoms. The van der Waals surface area contributed by atoms with Crippen molar-refractivity contribution >= 4 is 39.1 Å². The van der Waals surface area contributed by atoms with Gasteiger partial charge in [0.2, 0.25) is 11.8 Å². The van der Waals surface area contributed by atoms with E-state index >= 15 is 0 Å². The van der Waals surface area contributed by atoms with Crippen molar-refractivity contribution in [2.75, 3.05) is 6.54 Å². The van der Waals surface area contributed by atoms with Crippen LogP contribution in [0.2, 0.25) is 0 Å². The summed E-state index contributed by atoms with van der Waals surface area (Å²) in [5.74, 6) is -0.0115. The number of halogens is 1. The highest BCUT2D eigenvalue weighted by molar-refractivity contribution is 9.11. The first-order chi connectivity index (χ1) is 10.1. The SMILES string of the molecule is O=C1CC(NCCc2ccc(Br)s2)C(=O)N1C1CCCC1. The minimum absolute atomic E-state index is 0.00303. The number of carbonyl (C=O) groups is 2. The molecule has 1 saturated carbocycles. The summed E-state index contributed by atoms with van der Waals surface area (Å²) in [6, 6.07) is 3.96. The summed E-state index contributed by atoms with van der Waals surface area (Å²) in [5.41, 5.74) is 0. The molecule has 4 nitrogen and oxygen atoms in total. The number of likely N-dealkylation sites (tertiary alicyclic amines) is 1. The molecule has 1 aromatic heterocycles. The number of rotatable bonds is 5. The van der Waals surface area contributed by atoms with E-state index in [0.717, 1.165) is 42.4 Å². The van der Waals surface area contributed by atoms with Crippen LogP contribution in [0, 0.1) is 0 Å². The molecule has 2 amide bonds. The van der Waals surface area contributed by atoms with Crippen LogP contribution in [-0.4, -0.2) is 35.3 Å². The molecule has 1 aliphatic carbocycles. The van der Waals surface area contributed by atoms with Crippen LogP contribution in [0.5, 0.6) is 0 Å². The molecule has 0 aromatic carbocycles. The average Bonchev–Trinajstić information content (AvgIpc) is 3.14. The van der Waals surface area contributed by atoms with E-state index in [1.807, 2.05) is 6.07 Å². The van der Waals surface area contributed by atoms with Gasteiger partial charge in [0.1, 0.15) is 0 Å². The van der Waals surface area contributed by atoms with E-state index in [1.165, 1.54) is 9.78 Å². The average molecular weight is 371 g/mol. The van der Waals surface area contributed by atoms with E-state index in [4.69, 9.17) is 0 Å². The van der Waals surface area contributed by atoms with Crippen LogP contribution in [0.15, 0.2) is 15.9 Å². The normalized spacial score (nSPS) is 23.5. The van der Waals surface area contributed by atoms with Crippen LogP contribution in [0.3, 0.4) is 0 Å². The van der Waals surface area contributed by atoms with Crippen LogP contribution in [-0.2, 0) is 16.0 Å². The molecule has 114 valence electrons. The van der Waals surface area contributed by atoms with Gasteiger partial charge in [-0.1, -0.05) is 12.8 Å². The van der Waals surface area contributed by atoms with E-state index < -0.39 is 0 Å². The van der Waals surface area contributed by atoms with Gasteiger partial charge in [0.15, 0.2) is 0 Å². The third-order valence-corrected chi connectivity index (χ3v) is 5.95. The molecule has 1 atom stereocenters.